The largest absolute Gasteiger partial charge is 0.466 e. The summed E-state index contributed by atoms with van der Waals surface area (Å²) in [5, 5.41) is 15.4. The Morgan fingerprint density at radius 2 is 1.77 bits per heavy atom. The highest BCUT2D eigenvalue weighted by Crippen LogP contribution is 2.36. The van der Waals surface area contributed by atoms with Crippen LogP contribution in [-0.4, -0.2) is 46.5 Å². The Bertz CT molecular complexity index is 1060. The van der Waals surface area contributed by atoms with E-state index in [1.807, 2.05) is 18.2 Å². The van der Waals surface area contributed by atoms with Crippen molar-refractivity contribution in [2.24, 2.45) is 11.0 Å². The van der Waals surface area contributed by atoms with Crippen LogP contribution < -0.4 is 0 Å². The molecule has 0 spiro atoms. The Balaban J connectivity index is 1.81. The van der Waals surface area contributed by atoms with Gasteiger partial charge in [0.1, 0.15) is 0 Å². The molecule has 0 radical (unpaired) electrons. The molecule has 0 saturated carbocycles. The van der Waals surface area contributed by atoms with Gasteiger partial charge in [0, 0.05) is 25.8 Å². The van der Waals surface area contributed by atoms with Crippen molar-refractivity contribution >= 4 is 17.8 Å². The van der Waals surface area contributed by atoms with Crippen molar-refractivity contribution in [3.63, 3.8) is 0 Å². The molecule has 1 heterocycles. The molecule has 0 aliphatic carbocycles. The minimum Gasteiger partial charge on any atom is -0.466 e. The van der Waals surface area contributed by atoms with Crippen LogP contribution in [0, 0.1) is 5.92 Å². The van der Waals surface area contributed by atoms with Gasteiger partial charge in [-0.2, -0.15) is 13.2 Å². The smallest absolute Gasteiger partial charge is 0.389 e. The second-order valence-electron chi connectivity index (χ2n) is 8.89. The van der Waals surface area contributed by atoms with Crippen LogP contribution in [-0.2, 0) is 25.6 Å². The third kappa shape index (κ3) is 7.54. The van der Waals surface area contributed by atoms with Crippen LogP contribution in [0.3, 0.4) is 0 Å². The van der Waals surface area contributed by atoms with Gasteiger partial charge in [-0.05, 0) is 29.2 Å². The number of benzene rings is 2. The normalized spacial score (nSPS) is 16.3. The van der Waals surface area contributed by atoms with E-state index in [1.165, 1.54) is 37.9 Å². The second kappa shape index (κ2) is 10.5. The van der Waals surface area contributed by atoms with Gasteiger partial charge in [-0.15, -0.1) is 5.10 Å². The van der Waals surface area contributed by atoms with E-state index in [1.54, 1.807) is 24.3 Å². The van der Waals surface area contributed by atoms with Crippen LogP contribution in [0.4, 0.5) is 13.2 Å². The number of hydrogen-bond acceptors (Lipinski definition) is 6. The Kier molecular flexibility index (Phi) is 7.84. The lowest BCUT2D eigenvalue weighted by molar-refractivity contribution is -0.199. The summed E-state index contributed by atoms with van der Waals surface area (Å²) in [4.78, 5) is 25.0. The summed E-state index contributed by atoms with van der Waals surface area (Å²) in [6, 6.07) is 15.3. The monoisotopic (exact) mass is 492 g/mol. The molecule has 2 unspecified atom stereocenters. The van der Waals surface area contributed by atoms with E-state index < -0.39 is 36.2 Å². The van der Waals surface area contributed by atoms with Gasteiger partial charge in [-0.1, -0.05) is 49.4 Å². The van der Waals surface area contributed by atoms with Gasteiger partial charge in [0.2, 0.25) is 11.7 Å². The van der Waals surface area contributed by atoms with Crippen LogP contribution in [0.25, 0.3) is 0 Å². The molecule has 0 aromatic heterocycles. The lowest BCUT2D eigenvalue weighted by Gasteiger charge is -2.28. The first-order valence-electron chi connectivity index (χ1n) is 11.0. The number of aliphatic hydroxyl groups is 1. The Morgan fingerprint density at radius 1 is 1.14 bits per heavy atom. The number of amides is 1. The molecule has 2 atom stereocenters. The van der Waals surface area contributed by atoms with E-state index in [0.29, 0.717) is 22.6 Å². The zero-order valence-electron chi connectivity index (χ0n) is 19.6. The number of esters is 1. The maximum Gasteiger partial charge on any atom is 0.389 e. The molecule has 0 bridgehead atoms. The first kappa shape index (κ1) is 26.2. The first-order valence-corrected chi connectivity index (χ1v) is 11.0. The average molecular weight is 492 g/mol. The molecule has 1 aliphatic rings. The second-order valence-corrected chi connectivity index (χ2v) is 8.89. The van der Waals surface area contributed by atoms with E-state index in [2.05, 4.69) is 5.10 Å². The quantitative estimate of drug-likeness (QED) is 0.437. The molecule has 188 valence electrons. The van der Waals surface area contributed by atoms with Crippen molar-refractivity contribution in [1.29, 1.82) is 0 Å². The fourth-order valence-electron chi connectivity index (χ4n) is 3.74. The number of ether oxygens (including phenoxy) is 2. The average Bonchev–Trinajstić information content (AvgIpc) is 2.75. The lowest BCUT2D eigenvalue weighted by atomic mass is 9.84. The third-order valence-corrected chi connectivity index (χ3v) is 5.25. The summed E-state index contributed by atoms with van der Waals surface area (Å²) in [6.45, 7) is 3.69. The summed E-state index contributed by atoms with van der Waals surface area (Å²) in [6.07, 6.45) is -5.67. The number of rotatable bonds is 8. The highest BCUT2D eigenvalue weighted by atomic mass is 19.4. The number of carbonyl (C=O) groups is 2. The molecule has 10 heteroatoms. The van der Waals surface area contributed by atoms with Crippen molar-refractivity contribution < 1.29 is 37.3 Å². The number of hydrazone groups is 1. The Hall–Kier alpha value is -3.40. The number of carbonyl (C=O) groups excluding carboxylic acids is 2. The minimum absolute atomic E-state index is 0.107. The number of alkyl halides is 3. The van der Waals surface area contributed by atoms with E-state index in [9.17, 15) is 27.9 Å². The standard InChI is InChI=1S/C25H27F3N2O5/c1-16(13-25(26,27)28)21(23(32)35-24(2,3)33)18-11-9-17(10-12-18)14-30-20(31)15-34-22(29-30)19-7-5-4-6-8-19/h4-12,16,21,33H,13-15H2,1-3H3. The maximum atomic E-state index is 13.0. The lowest BCUT2D eigenvalue weighted by Crippen LogP contribution is -2.36. The zero-order valence-corrected chi connectivity index (χ0v) is 19.6. The molecule has 2 aromatic rings. The van der Waals surface area contributed by atoms with Gasteiger partial charge in [0.15, 0.2) is 6.61 Å². The van der Waals surface area contributed by atoms with E-state index >= 15 is 0 Å². The summed E-state index contributed by atoms with van der Waals surface area (Å²) < 4.78 is 49.5. The number of hydrogen-bond donors (Lipinski definition) is 1. The first-order chi connectivity index (χ1) is 16.3. The van der Waals surface area contributed by atoms with Crippen molar-refractivity contribution in [1.82, 2.24) is 5.01 Å². The molecule has 1 aliphatic heterocycles. The Labute approximate surface area is 201 Å². The van der Waals surface area contributed by atoms with E-state index in [0.717, 1.165) is 0 Å². The molecular weight excluding hydrogens is 465 g/mol. The fraction of sp³-hybridized carbons (Fsp3) is 0.400. The highest BCUT2D eigenvalue weighted by molar-refractivity contribution is 5.97. The molecule has 3 rings (SSSR count). The van der Waals surface area contributed by atoms with Crippen LogP contribution in [0.5, 0.6) is 0 Å². The molecule has 1 N–H and O–H groups in total. The van der Waals surface area contributed by atoms with E-state index in [4.69, 9.17) is 9.47 Å². The summed E-state index contributed by atoms with van der Waals surface area (Å²) >= 11 is 0. The summed E-state index contributed by atoms with van der Waals surface area (Å²) in [7, 11) is 0. The molecule has 2 aromatic carbocycles. The van der Waals surface area contributed by atoms with Crippen LogP contribution in [0.15, 0.2) is 59.7 Å². The minimum atomic E-state index is -4.47. The van der Waals surface area contributed by atoms with Gasteiger partial charge >= 0.3 is 12.1 Å². The van der Waals surface area contributed by atoms with Crippen molar-refractivity contribution in [3.05, 3.63) is 71.3 Å². The van der Waals surface area contributed by atoms with Gasteiger partial charge in [-0.3, -0.25) is 9.59 Å². The predicted octanol–water partition coefficient (Wildman–Crippen LogP) is 4.35. The SMILES string of the molecule is CC(CC(F)(F)F)C(C(=O)OC(C)(C)O)c1ccc(CN2N=C(c3ccccc3)OCC2=O)cc1. The molecule has 0 fully saturated rings. The molecule has 0 saturated heterocycles. The van der Waals surface area contributed by atoms with Gasteiger partial charge in [0.05, 0.1) is 12.5 Å². The highest BCUT2D eigenvalue weighted by Gasteiger charge is 2.39. The van der Waals surface area contributed by atoms with Crippen molar-refractivity contribution in [3.8, 4) is 0 Å². The maximum absolute atomic E-state index is 13.0. The molecule has 1 amide bonds. The zero-order chi connectivity index (χ0) is 25.8. The summed E-state index contributed by atoms with van der Waals surface area (Å²) in [5.74, 6) is -5.21. The topological polar surface area (TPSA) is 88.4 Å². The molecular formula is C25H27F3N2O5. The third-order valence-electron chi connectivity index (χ3n) is 5.25. The van der Waals surface area contributed by atoms with Crippen LogP contribution in [0.1, 0.15) is 49.8 Å². The van der Waals surface area contributed by atoms with Crippen LogP contribution >= 0.6 is 0 Å². The predicted molar refractivity (Wildman–Crippen MR) is 121 cm³/mol. The number of halogens is 3. The van der Waals surface area contributed by atoms with Gasteiger partial charge < -0.3 is 14.6 Å². The van der Waals surface area contributed by atoms with Crippen molar-refractivity contribution in [2.45, 2.75) is 51.6 Å². The van der Waals surface area contributed by atoms with Gasteiger partial charge in [0.25, 0.3) is 5.91 Å². The van der Waals surface area contributed by atoms with Crippen LogP contribution in [0.2, 0.25) is 0 Å². The fourth-order valence-corrected chi connectivity index (χ4v) is 3.74. The van der Waals surface area contributed by atoms with E-state index in [-0.39, 0.29) is 19.1 Å². The summed E-state index contributed by atoms with van der Waals surface area (Å²) in [5.41, 5.74) is 1.67. The Morgan fingerprint density at radius 3 is 2.34 bits per heavy atom. The molecule has 35 heavy (non-hydrogen) atoms. The number of nitrogens with zero attached hydrogens (tertiary/aromatic N) is 2. The van der Waals surface area contributed by atoms with Crippen molar-refractivity contribution in [2.75, 3.05) is 6.61 Å². The van der Waals surface area contributed by atoms with Gasteiger partial charge in [-0.25, -0.2) is 5.01 Å². The molecule has 7 nitrogen and oxygen atoms in total.